The Bertz CT molecular complexity index is 580. The van der Waals surface area contributed by atoms with Crippen molar-refractivity contribution < 1.29 is 14.3 Å². The van der Waals surface area contributed by atoms with Crippen molar-refractivity contribution >= 4 is 5.97 Å². The predicted octanol–water partition coefficient (Wildman–Crippen LogP) is 3.20. The maximum absolute atomic E-state index is 11.0. The summed E-state index contributed by atoms with van der Waals surface area (Å²) in [6.07, 6.45) is 2.57. The van der Waals surface area contributed by atoms with Crippen LogP contribution in [-0.4, -0.2) is 34.0 Å². The lowest BCUT2D eigenvalue weighted by Crippen LogP contribution is -2.33. The van der Waals surface area contributed by atoms with Crippen molar-refractivity contribution in [3.8, 4) is 11.3 Å². The van der Waals surface area contributed by atoms with E-state index in [-0.39, 0.29) is 12.6 Å². The van der Waals surface area contributed by atoms with Gasteiger partial charge in [0.15, 0.2) is 5.76 Å². The van der Waals surface area contributed by atoms with E-state index in [4.69, 9.17) is 9.52 Å². The van der Waals surface area contributed by atoms with Gasteiger partial charge in [0.1, 0.15) is 0 Å². The fraction of sp³-hybridized carbons (Fsp3) is 0.375. The minimum Gasteiger partial charge on any atom is -0.480 e. The average molecular weight is 288 g/mol. The Labute approximate surface area is 124 Å². The van der Waals surface area contributed by atoms with Gasteiger partial charge in [-0.2, -0.15) is 0 Å². The van der Waals surface area contributed by atoms with Gasteiger partial charge in [0.2, 0.25) is 5.89 Å². The van der Waals surface area contributed by atoms with Crippen LogP contribution in [0.5, 0.6) is 0 Å². The first kappa shape index (κ1) is 15.3. The molecule has 0 aliphatic carbocycles. The first-order chi connectivity index (χ1) is 10.1. The van der Waals surface area contributed by atoms with Crippen LogP contribution in [0.2, 0.25) is 0 Å². The molecule has 2 aromatic rings. The van der Waals surface area contributed by atoms with Gasteiger partial charge in [-0.3, -0.25) is 9.69 Å². The van der Waals surface area contributed by atoms with E-state index in [1.807, 2.05) is 49.1 Å². The fourth-order valence-electron chi connectivity index (χ4n) is 2.24. The number of benzene rings is 1. The molecule has 21 heavy (non-hydrogen) atoms. The molecule has 5 heteroatoms. The zero-order chi connectivity index (χ0) is 15.2. The van der Waals surface area contributed by atoms with Crippen molar-refractivity contribution in [3.05, 3.63) is 42.4 Å². The van der Waals surface area contributed by atoms with Crippen LogP contribution in [0.25, 0.3) is 11.3 Å². The highest BCUT2D eigenvalue weighted by molar-refractivity contribution is 5.69. The van der Waals surface area contributed by atoms with Gasteiger partial charge in [0.25, 0.3) is 0 Å². The molecule has 0 aliphatic rings. The molecule has 2 rings (SSSR count). The topological polar surface area (TPSA) is 66.6 Å². The largest absolute Gasteiger partial charge is 0.480 e. The summed E-state index contributed by atoms with van der Waals surface area (Å²) in [6, 6.07) is 9.56. The molecule has 5 nitrogen and oxygen atoms in total. The molecule has 1 unspecified atom stereocenters. The Hall–Kier alpha value is -2.14. The van der Waals surface area contributed by atoms with Crippen molar-refractivity contribution in [1.82, 2.24) is 9.88 Å². The fourth-order valence-corrected chi connectivity index (χ4v) is 2.24. The zero-order valence-corrected chi connectivity index (χ0v) is 12.3. The van der Waals surface area contributed by atoms with Gasteiger partial charge in [0, 0.05) is 5.56 Å². The Morgan fingerprint density at radius 2 is 2.10 bits per heavy atom. The zero-order valence-electron chi connectivity index (χ0n) is 12.3. The number of carbonyl (C=O) groups is 1. The van der Waals surface area contributed by atoms with Crippen molar-refractivity contribution in [2.24, 2.45) is 0 Å². The first-order valence-corrected chi connectivity index (χ1v) is 7.08. The SMILES string of the molecule is CCCN(CC(=O)O)C(C)c1ncc(-c2ccccc2)o1. The third-order valence-electron chi connectivity index (χ3n) is 3.34. The number of nitrogens with zero attached hydrogens (tertiary/aromatic N) is 2. The third-order valence-corrected chi connectivity index (χ3v) is 3.34. The highest BCUT2D eigenvalue weighted by atomic mass is 16.4. The highest BCUT2D eigenvalue weighted by Gasteiger charge is 2.22. The number of aromatic nitrogens is 1. The molecule has 0 fully saturated rings. The van der Waals surface area contributed by atoms with E-state index in [1.165, 1.54) is 0 Å². The summed E-state index contributed by atoms with van der Waals surface area (Å²) in [7, 11) is 0. The van der Waals surface area contributed by atoms with Crippen molar-refractivity contribution in [1.29, 1.82) is 0 Å². The summed E-state index contributed by atoms with van der Waals surface area (Å²) in [5.74, 6) is 0.401. The summed E-state index contributed by atoms with van der Waals surface area (Å²) < 4.78 is 5.79. The molecule has 1 aromatic carbocycles. The highest BCUT2D eigenvalue weighted by Crippen LogP contribution is 2.25. The second-order valence-corrected chi connectivity index (χ2v) is 4.97. The summed E-state index contributed by atoms with van der Waals surface area (Å²) in [4.78, 5) is 17.1. The number of carboxylic acids is 1. The lowest BCUT2D eigenvalue weighted by atomic mass is 10.2. The third kappa shape index (κ3) is 3.92. The van der Waals surface area contributed by atoms with E-state index in [1.54, 1.807) is 6.20 Å². The molecule has 0 saturated heterocycles. The van der Waals surface area contributed by atoms with E-state index >= 15 is 0 Å². The van der Waals surface area contributed by atoms with Gasteiger partial charge in [0.05, 0.1) is 18.8 Å². The standard InChI is InChI=1S/C16H20N2O3/c1-3-9-18(11-15(19)20)12(2)16-17-10-14(21-16)13-7-5-4-6-8-13/h4-8,10,12H,3,9,11H2,1-2H3,(H,19,20). The van der Waals surface area contributed by atoms with E-state index in [9.17, 15) is 4.79 Å². The van der Waals surface area contributed by atoms with Crippen LogP contribution in [0.1, 0.15) is 32.2 Å². The van der Waals surface area contributed by atoms with Crippen LogP contribution in [-0.2, 0) is 4.79 Å². The number of aliphatic carboxylic acids is 1. The van der Waals surface area contributed by atoms with Gasteiger partial charge < -0.3 is 9.52 Å². The molecule has 0 aliphatic heterocycles. The Morgan fingerprint density at radius 3 is 2.71 bits per heavy atom. The van der Waals surface area contributed by atoms with Crippen LogP contribution in [0, 0.1) is 0 Å². The van der Waals surface area contributed by atoms with E-state index in [0.717, 1.165) is 12.0 Å². The van der Waals surface area contributed by atoms with Gasteiger partial charge in [-0.15, -0.1) is 0 Å². The summed E-state index contributed by atoms with van der Waals surface area (Å²) >= 11 is 0. The molecule has 0 radical (unpaired) electrons. The minimum atomic E-state index is -0.842. The summed E-state index contributed by atoms with van der Waals surface area (Å²) in [6.45, 7) is 4.61. The van der Waals surface area contributed by atoms with E-state index < -0.39 is 5.97 Å². The van der Waals surface area contributed by atoms with Crippen LogP contribution in [0.3, 0.4) is 0 Å². The molecular weight excluding hydrogens is 268 g/mol. The van der Waals surface area contributed by atoms with E-state index in [0.29, 0.717) is 18.2 Å². The number of rotatable bonds is 7. The van der Waals surface area contributed by atoms with Crippen molar-refractivity contribution in [2.75, 3.05) is 13.1 Å². The summed E-state index contributed by atoms with van der Waals surface area (Å²) in [5.41, 5.74) is 0.962. The lowest BCUT2D eigenvalue weighted by Gasteiger charge is -2.24. The lowest BCUT2D eigenvalue weighted by molar-refractivity contribution is -0.139. The Morgan fingerprint density at radius 1 is 1.38 bits per heavy atom. The van der Waals surface area contributed by atoms with Crippen molar-refractivity contribution in [3.63, 3.8) is 0 Å². The summed E-state index contributed by atoms with van der Waals surface area (Å²) in [5, 5.41) is 9.00. The van der Waals surface area contributed by atoms with Crippen molar-refractivity contribution in [2.45, 2.75) is 26.3 Å². The number of hydrogen-bond donors (Lipinski definition) is 1. The Kier molecular flexibility index (Phi) is 5.11. The molecule has 0 bridgehead atoms. The molecule has 1 heterocycles. The molecule has 1 aromatic heterocycles. The second-order valence-electron chi connectivity index (χ2n) is 4.97. The quantitative estimate of drug-likeness (QED) is 0.847. The van der Waals surface area contributed by atoms with Crippen LogP contribution in [0.4, 0.5) is 0 Å². The maximum atomic E-state index is 11.0. The molecule has 1 atom stereocenters. The molecule has 0 amide bonds. The van der Waals surface area contributed by atoms with Gasteiger partial charge >= 0.3 is 5.97 Å². The molecule has 0 spiro atoms. The normalized spacial score (nSPS) is 12.5. The molecule has 1 N–H and O–H groups in total. The van der Waals surface area contributed by atoms with Gasteiger partial charge in [-0.1, -0.05) is 37.3 Å². The molecule has 112 valence electrons. The first-order valence-electron chi connectivity index (χ1n) is 7.08. The van der Waals surface area contributed by atoms with Crippen LogP contribution < -0.4 is 0 Å². The monoisotopic (exact) mass is 288 g/mol. The Balaban J connectivity index is 2.17. The van der Waals surface area contributed by atoms with Crippen LogP contribution in [0.15, 0.2) is 40.9 Å². The number of carboxylic acid groups (broad SMARTS) is 1. The second kappa shape index (κ2) is 7.04. The predicted molar refractivity (Wildman–Crippen MR) is 79.9 cm³/mol. The smallest absolute Gasteiger partial charge is 0.317 e. The number of oxazole rings is 1. The molecule has 0 saturated carbocycles. The van der Waals surface area contributed by atoms with E-state index in [2.05, 4.69) is 4.98 Å². The van der Waals surface area contributed by atoms with Gasteiger partial charge in [-0.25, -0.2) is 4.98 Å². The minimum absolute atomic E-state index is 0.0158. The number of hydrogen-bond acceptors (Lipinski definition) is 4. The maximum Gasteiger partial charge on any atom is 0.317 e. The average Bonchev–Trinajstić information content (AvgIpc) is 2.96. The van der Waals surface area contributed by atoms with Crippen LogP contribution >= 0.6 is 0 Å². The molecular formula is C16H20N2O3. The van der Waals surface area contributed by atoms with Gasteiger partial charge in [-0.05, 0) is 19.9 Å².